The molecule has 0 amide bonds. The molecule has 8 nitrogen and oxygen atoms in total. The van der Waals surface area contributed by atoms with E-state index >= 15 is 0 Å². The summed E-state index contributed by atoms with van der Waals surface area (Å²) < 4.78 is 68.3. The Labute approximate surface area is 196 Å². The lowest BCUT2D eigenvalue weighted by Crippen LogP contribution is -2.09. The normalized spacial score (nSPS) is 14.9. The molecule has 5 rings (SSSR count). The average molecular weight is 510 g/mol. The Morgan fingerprint density at radius 1 is 1.24 bits per heavy atom. The van der Waals surface area contributed by atoms with E-state index in [0.717, 1.165) is 36.9 Å². The van der Waals surface area contributed by atoms with Crippen LogP contribution in [0, 0.1) is 5.92 Å². The second kappa shape index (κ2) is 7.80. The van der Waals surface area contributed by atoms with Crippen molar-refractivity contribution in [2.24, 2.45) is 13.0 Å². The molecule has 0 radical (unpaired) electrons. The Kier molecular flexibility index (Phi) is 5.24. The molecule has 178 valence electrons. The first kappa shape index (κ1) is 22.8. The predicted molar refractivity (Wildman–Crippen MR) is 119 cm³/mol. The molecular formula is C21H18F3N5O3S2. The minimum absolute atomic E-state index is 0.0167. The second-order valence-corrected chi connectivity index (χ2v) is 11.3. The highest BCUT2D eigenvalue weighted by Gasteiger charge is 2.34. The fraction of sp³-hybridized carbons (Fsp3) is 0.333. The summed E-state index contributed by atoms with van der Waals surface area (Å²) in [5, 5.41) is -0.0571. The van der Waals surface area contributed by atoms with Crippen LogP contribution >= 0.6 is 11.8 Å². The van der Waals surface area contributed by atoms with Crippen LogP contribution in [-0.2, 0) is 27.9 Å². The zero-order valence-electron chi connectivity index (χ0n) is 18.0. The van der Waals surface area contributed by atoms with Crippen molar-refractivity contribution in [3.05, 3.63) is 36.3 Å². The number of aromatic nitrogens is 5. The van der Waals surface area contributed by atoms with Crippen LogP contribution in [0.2, 0.25) is 0 Å². The molecule has 1 aliphatic carbocycles. The van der Waals surface area contributed by atoms with Crippen molar-refractivity contribution in [1.82, 2.24) is 23.9 Å². The van der Waals surface area contributed by atoms with Gasteiger partial charge in [0.05, 0.1) is 23.0 Å². The lowest BCUT2D eigenvalue weighted by molar-refractivity contribution is -0.141. The van der Waals surface area contributed by atoms with E-state index < -0.39 is 21.7 Å². The van der Waals surface area contributed by atoms with Gasteiger partial charge in [-0.15, -0.1) is 0 Å². The third kappa shape index (κ3) is 3.86. The zero-order valence-corrected chi connectivity index (χ0v) is 19.6. The third-order valence-electron chi connectivity index (χ3n) is 5.63. The standard InChI is InChI=1S/C21H18F3N5O3S2/c1-3-34(31,32)19-17(18-26-13-9-15(21(22,23)24)25-10-14(13)28(18)2)27-16-8-12(6-7-29(16)19)33-20(30)11-4-5-11/h6-11H,3-5H2,1-2H3. The minimum atomic E-state index is -4.64. The molecule has 4 heterocycles. The van der Waals surface area contributed by atoms with Crippen LogP contribution in [0.3, 0.4) is 0 Å². The summed E-state index contributed by atoms with van der Waals surface area (Å²) in [6.45, 7) is 1.49. The van der Waals surface area contributed by atoms with Crippen LogP contribution < -0.4 is 0 Å². The number of nitrogens with zero attached hydrogens (tertiary/aromatic N) is 5. The summed E-state index contributed by atoms with van der Waals surface area (Å²) >= 11 is 1.09. The number of halogens is 3. The van der Waals surface area contributed by atoms with E-state index in [-0.39, 0.29) is 44.5 Å². The summed E-state index contributed by atoms with van der Waals surface area (Å²) in [5.74, 6) is -0.0633. The van der Waals surface area contributed by atoms with Crippen LogP contribution in [0.5, 0.6) is 0 Å². The molecule has 1 fully saturated rings. The smallest absolute Gasteiger partial charge is 0.324 e. The van der Waals surface area contributed by atoms with Crippen molar-refractivity contribution < 1.29 is 26.4 Å². The number of carbonyl (C=O) groups is 1. The van der Waals surface area contributed by atoms with Gasteiger partial charge in [-0.1, -0.05) is 18.7 Å². The topological polar surface area (TPSA) is 99.2 Å². The van der Waals surface area contributed by atoms with Gasteiger partial charge in [-0.3, -0.25) is 9.20 Å². The molecule has 0 spiro atoms. The average Bonchev–Trinajstić information content (AvgIpc) is 3.49. The van der Waals surface area contributed by atoms with Crippen molar-refractivity contribution in [2.45, 2.75) is 35.9 Å². The van der Waals surface area contributed by atoms with Gasteiger partial charge < -0.3 is 4.57 Å². The number of imidazole rings is 2. The molecule has 0 atom stereocenters. The summed E-state index contributed by atoms with van der Waals surface area (Å²) in [6.07, 6.45) is -0.312. The first-order chi connectivity index (χ1) is 16.0. The number of thioether (sulfide) groups is 1. The van der Waals surface area contributed by atoms with Crippen LogP contribution in [0.4, 0.5) is 13.2 Å². The first-order valence-electron chi connectivity index (χ1n) is 10.4. The number of aryl methyl sites for hydroxylation is 1. The van der Waals surface area contributed by atoms with E-state index in [1.807, 2.05) is 0 Å². The Hall–Kier alpha value is -2.93. The van der Waals surface area contributed by atoms with Crippen molar-refractivity contribution in [3.8, 4) is 11.5 Å². The molecule has 13 heteroatoms. The van der Waals surface area contributed by atoms with E-state index in [0.29, 0.717) is 10.4 Å². The number of hydrogen-bond donors (Lipinski definition) is 0. The summed E-state index contributed by atoms with van der Waals surface area (Å²) in [7, 11) is -2.25. The lowest BCUT2D eigenvalue weighted by atomic mass is 10.3. The number of rotatable bonds is 5. The Morgan fingerprint density at radius 2 is 1.97 bits per heavy atom. The second-order valence-electron chi connectivity index (χ2n) is 8.01. The third-order valence-corrected chi connectivity index (χ3v) is 8.39. The van der Waals surface area contributed by atoms with Gasteiger partial charge in [-0.05, 0) is 31.0 Å². The molecule has 4 aromatic rings. The molecule has 4 aromatic heterocycles. The van der Waals surface area contributed by atoms with Crippen molar-refractivity contribution in [3.63, 3.8) is 0 Å². The van der Waals surface area contributed by atoms with Gasteiger partial charge >= 0.3 is 6.18 Å². The maximum absolute atomic E-state index is 13.1. The summed E-state index contributed by atoms with van der Waals surface area (Å²) in [6, 6.07) is 4.09. The molecule has 0 aromatic carbocycles. The van der Waals surface area contributed by atoms with Crippen molar-refractivity contribution in [1.29, 1.82) is 0 Å². The zero-order chi connectivity index (χ0) is 24.4. The molecule has 0 saturated heterocycles. The highest BCUT2D eigenvalue weighted by atomic mass is 32.2. The van der Waals surface area contributed by atoms with Gasteiger partial charge in [-0.2, -0.15) is 13.2 Å². The molecule has 0 unspecified atom stereocenters. The minimum Gasteiger partial charge on any atom is -0.324 e. The van der Waals surface area contributed by atoms with Crippen LogP contribution in [0.25, 0.3) is 28.2 Å². The van der Waals surface area contributed by atoms with E-state index in [2.05, 4.69) is 15.0 Å². The fourth-order valence-electron chi connectivity index (χ4n) is 3.62. The van der Waals surface area contributed by atoms with Gasteiger partial charge in [0.25, 0.3) is 0 Å². The molecule has 0 bridgehead atoms. The number of carbonyl (C=O) groups excluding carboxylic acids is 1. The van der Waals surface area contributed by atoms with E-state index in [4.69, 9.17) is 0 Å². The van der Waals surface area contributed by atoms with Crippen molar-refractivity contribution in [2.75, 3.05) is 5.75 Å². The van der Waals surface area contributed by atoms with Gasteiger partial charge in [0.1, 0.15) is 17.0 Å². The number of sulfone groups is 1. The fourth-order valence-corrected chi connectivity index (χ4v) is 5.71. The lowest BCUT2D eigenvalue weighted by Gasteiger charge is -2.06. The van der Waals surface area contributed by atoms with Crippen LogP contribution in [0.1, 0.15) is 25.5 Å². The van der Waals surface area contributed by atoms with Gasteiger partial charge in [-0.25, -0.2) is 23.4 Å². The van der Waals surface area contributed by atoms with Crippen LogP contribution in [-0.4, -0.2) is 43.2 Å². The highest BCUT2D eigenvalue weighted by molar-refractivity contribution is 8.13. The maximum atomic E-state index is 13.1. The Balaban J connectivity index is 1.70. The first-order valence-corrected chi connectivity index (χ1v) is 12.8. The van der Waals surface area contributed by atoms with Gasteiger partial charge in [0.15, 0.2) is 25.8 Å². The highest BCUT2D eigenvalue weighted by Crippen LogP contribution is 2.38. The predicted octanol–water partition coefficient (Wildman–Crippen LogP) is 4.12. The number of pyridine rings is 2. The van der Waals surface area contributed by atoms with Gasteiger partial charge in [0, 0.05) is 24.1 Å². The Morgan fingerprint density at radius 3 is 2.62 bits per heavy atom. The van der Waals surface area contributed by atoms with Gasteiger partial charge in [0.2, 0.25) is 0 Å². The Bertz CT molecular complexity index is 1570. The molecular weight excluding hydrogens is 491 g/mol. The quantitative estimate of drug-likeness (QED) is 0.373. The molecule has 34 heavy (non-hydrogen) atoms. The maximum Gasteiger partial charge on any atom is 0.433 e. The van der Waals surface area contributed by atoms with Crippen molar-refractivity contribution >= 4 is 43.4 Å². The summed E-state index contributed by atoms with van der Waals surface area (Å²) in [4.78, 5) is 25.1. The number of alkyl halides is 3. The van der Waals surface area contributed by atoms with Crippen LogP contribution in [0.15, 0.2) is 40.5 Å². The van der Waals surface area contributed by atoms with E-state index in [1.165, 1.54) is 22.1 Å². The monoisotopic (exact) mass is 509 g/mol. The molecule has 0 aliphatic heterocycles. The molecule has 1 aliphatic rings. The number of fused-ring (bicyclic) bond motifs is 2. The molecule has 0 N–H and O–H groups in total. The van der Waals surface area contributed by atoms with E-state index in [9.17, 15) is 26.4 Å². The molecule has 1 saturated carbocycles. The SMILES string of the molecule is CCS(=O)(=O)c1c(-c2nc3cc(C(F)(F)F)ncc3n2C)nc2cc(SC(=O)C3CC3)ccn12. The van der Waals surface area contributed by atoms with E-state index in [1.54, 1.807) is 19.2 Å². The number of hydrogen-bond acceptors (Lipinski definition) is 7. The summed E-state index contributed by atoms with van der Waals surface area (Å²) in [5.41, 5.74) is -0.473. The largest absolute Gasteiger partial charge is 0.433 e.